The van der Waals surface area contributed by atoms with E-state index in [0.717, 1.165) is 6.54 Å². The summed E-state index contributed by atoms with van der Waals surface area (Å²) in [6.07, 6.45) is 4.84. The van der Waals surface area contributed by atoms with Gasteiger partial charge < -0.3 is 10.1 Å². The molecule has 90 valence electrons. The van der Waals surface area contributed by atoms with Gasteiger partial charge in [-0.2, -0.15) is 5.10 Å². The molecule has 0 bridgehead atoms. The highest BCUT2D eigenvalue weighted by Gasteiger charge is 2.10. The summed E-state index contributed by atoms with van der Waals surface area (Å²) in [6, 6.07) is 0. The first-order valence-electron chi connectivity index (χ1n) is 5.11. The molecule has 0 atom stereocenters. The smallest absolute Gasteiger partial charge is 0.239 e. The number of hydrogen-bond donors (Lipinski definition) is 1. The maximum absolute atomic E-state index is 5.60. The number of aryl methyl sites for hydroxylation is 1. The van der Waals surface area contributed by atoms with Gasteiger partial charge in [-0.15, -0.1) is 0 Å². The largest absolute Gasteiger partial charge is 0.434 e. The first-order valence-corrected chi connectivity index (χ1v) is 5.91. The molecule has 0 aliphatic heterocycles. The van der Waals surface area contributed by atoms with E-state index >= 15 is 0 Å². The second-order valence-electron chi connectivity index (χ2n) is 3.32. The van der Waals surface area contributed by atoms with Crippen LogP contribution >= 0.6 is 15.9 Å². The van der Waals surface area contributed by atoms with Gasteiger partial charge in [-0.05, 0) is 22.9 Å². The standard InChI is InChI=1S/C10H12BrN5O/c1-3-12-9-8(11)10(14-6-13-9)17-7-4-15-16(2)5-7/h4-6H,3H2,1-2H3,(H,12,13,14). The van der Waals surface area contributed by atoms with E-state index in [1.165, 1.54) is 6.33 Å². The number of rotatable bonds is 4. The Kier molecular flexibility index (Phi) is 3.58. The molecule has 1 N–H and O–H groups in total. The Morgan fingerprint density at radius 1 is 1.47 bits per heavy atom. The molecule has 0 saturated carbocycles. The summed E-state index contributed by atoms with van der Waals surface area (Å²) in [5.41, 5.74) is 0. The summed E-state index contributed by atoms with van der Waals surface area (Å²) >= 11 is 3.41. The van der Waals surface area contributed by atoms with E-state index in [9.17, 15) is 0 Å². The van der Waals surface area contributed by atoms with Crippen molar-refractivity contribution in [2.75, 3.05) is 11.9 Å². The molecule has 0 aliphatic rings. The van der Waals surface area contributed by atoms with Crippen LogP contribution in [0, 0.1) is 0 Å². The van der Waals surface area contributed by atoms with Crippen LogP contribution in [0.4, 0.5) is 5.82 Å². The fourth-order valence-electron chi connectivity index (χ4n) is 1.28. The van der Waals surface area contributed by atoms with Gasteiger partial charge in [0, 0.05) is 13.6 Å². The van der Waals surface area contributed by atoms with Gasteiger partial charge in [-0.1, -0.05) is 0 Å². The lowest BCUT2D eigenvalue weighted by atomic mass is 10.5. The van der Waals surface area contributed by atoms with E-state index in [1.807, 2.05) is 14.0 Å². The molecule has 0 unspecified atom stereocenters. The number of ether oxygens (including phenoxy) is 1. The molecule has 2 heterocycles. The lowest BCUT2D eigenvalue weighted by Crippen LogP contribution is -2.02. The number of aromatic nitrogens is 4. The summed E-state index contributed by atoms with van der Waals surface area (Å²) in [7, 11) is 1.83. The maximum Gasteiger partial charge on any atom is 0.239 e. The molecular weight excluding hydrogens is 286 g/mol. The maximum atomic E-state index is 5.60. The van der Waals surface area contributed by atoms with Gasteiger partial charge >= 0.3 is 0 Å². The number of nitrogens with zero attached hydrogens (tertiary/aromatic N) is 4. The highest BCUT2D eigenvalue weighted by molar-refractivity contribution is 9.10. The summed E-state index contributed by atoms with van der Waals surface area (Å²) in [6.45, 7) is 2.78. The van der Waals surface area contributed by atoms with Gasteiger partial charge in [0.05, 0.1) is 12.4 Å². The van der Waals surface area contributed by atoms with Crippen LogP contribution in [0.5, 0.6) is 11.6 Å². The molecule has 6 nitrogen and oxygen atoms in total. The molecule has 0 amide bonds. The van der Waals surface area contributed by atoms with Crippen LogP contribution in [0.2, 0.25) is 0 Å². The Bertz CT molecular complexity index is 513. The van der Waals surface area contributed by atoms with Crippen LogP contribution in [0.3, 0.4) is 0 Å². The molecule has 17 heavy (non-hydrogen) atoms. The van der Waals surface area contributed by atoms with Crippen molar-refractivity contribution in [3.63, 3.8) is 0 Å². The first kappa shape index (κ1) is 11.8. The molecule has 0 radical (unpaired) electrons. The van der Waals surface area contributed by atoms with E-state index in [0.29, 0.717) is 21.9 Å². The monoisotopic (exact) mass is 297 g/mol. The van der Waals surface area contributed by atoms with Gasteiger partial charge in [0.1, 0.15) is 16.6 Å². The van der Waals surface area contributed by atoms with Crippen molar-refractivity contribution >= 4 is 21.7 Å². The highest BCUT2D eigenvalue weighted by Crippen LogP contribution is 2.31. The van der Waals surface area contributed by atoms with Crippen LogP contribution in [0.1, 0.15) is 6.92 Å². The predicted molar refractivity (Wildman–Crippen MR) is 67.2 cm³/mol. The average molecular weight is 298 g/mol. The quantitative estimate of drug-likeness (QED) is 0.937. The molecule has 2 aromatic rings. The molecule has 0 aromatic carbocycles. The third-order valence-corrected chi connectivity index (χ3v) is 2.71. The lowest BCUT2D eigenvalue weighted by molar-refractivity contribution is 0.458. The minimum atomic E-state index is 0.462. The zero-order valence-electron chi connectivity index (χ0n) is 9.51. The van der Waals surface area contributed by atoms with Gasteiger partial charge in [-0.3, -0.25) is 4.68 Å². The van der Waals surface area contributed by atoms with Gasteiger partial charge in [0.25, 0.3) is 0 Å². The topological polar surface area (TPSA) is 64.9 Å². The van der Waals surface area contributed by atoms with Crippen molar-refractivity contribution in [2.45, 2.75) is 6.92 Å². The second kappa shape index (κ2) is 5.13. The third-order valence-electron chi connectivity index (χ3n) is 2.00. The normalized spacial score (nSPS) is 10.3. The second-order valence-corrected chi connectivity index (χ2v) is 4.12. The molecule has 0 fully saturated rings. The number of hydrogen-bond acceptors (Lipinski definition) is 5. The van der Waals surface area contributed by atoms with E-state index in [1.54, 1.807) is 17.1 Å². The lowest BCUT2D eigenvalue weighted by Gasteiger charge is -2.08. The Morgan fingerprint density at radius 2 is 2.29 bits per heavy atom. The van der Waals surface area contributed by atoms with Gasteiger partial charge in [0.2, 0.25) is 5.88 Å². The van der Waals surface area contributed by atoms with Crippen LogP contribution in [0.25, 0.3) is 0 Å². The minimum Gasteiger partial charge on any atom is -0.434 e. The van der Waals surface area contributed by atoms with E-state index in [-0.39, 0.29) is 0 Å². The van der Waals surface area contributed by atoms with Crippen molar-refractivity contribution in [3.8, 4) is 11.6 Å². The summed E-state index contributed by atoms with van der Waals surface area (Å²) in [5.74, 6) is 1.81. The van der Waals surface area contributed by atoms with E-state index in [2.05, 4.69) is 36.3 Å². The third kappa shape index (κ3) is 2.73. The van der Waals surface area contributed by atoms with Crippen molar-refractivity contribution in [1.29, 1.82) is 0 Å². The fraction of sp³-hybridized carbons (Fsp3) is 0.300. The molecule has 2 aromatic heterocycles. The SMILES string of the molecule is CCNc1ncnc(Oc2cnn(C)c2)c1Br. The van der Waals surface area contributed by atoms with Crippen LogP contribution in [0.15, 0.2) is 23.2 Å². The number of nitrogens with one attached hydrogen (secondary N) is 1. The highest BCUT2D eigenvalue weighted by atomic mass is 79.9. The molecule has 0 saturated heterocycles. The Hall–Kier alpha value is -1.63. The summed E-state index contributed by atoms with van der Waals surface area (Å²) < 4.78 is 7.96. The number of anilines is 1. The Balaban J connectivity index is 2.23. The predicted octanol–water partition coefficient (Wildman–Crippen LogP) is 2.20. The van der Waals surface area contributed by atoms with Gasteiger partial charge in [0.15, 0.2) is 5.75 Å². The molecule has 7 heteroatoms. The summed E-state index contributed by atoms with van der Waals surface area (Å²) in [5, 5.41) is 7.13. The van der Waals surface area contributed by atoms with Crippen molar-refractivity contribution in [3.05, 3.63) is 23.2 Å². The Morgan fingerprint density at radius 3 is 2.94 bits per heavy atom. The van der Waals surface area contributed by atoms with Crippen molar-refractivity contribution in [1.82, 2.24) is 19.7 Å². The van der Waals surface area contributed by atoms with E-state index in [4.69, 9.17) is 4.74 Å². The zero-order valence-corrected chi connectivity index (χ0v) is 11.1. The molecule has 0 spiro atoms. The molecule has 0 aliphatic carbocycles. The van der Waals surface area contributed by atoms with Crippen molar-refractivity contribution < 1.29 is 4.74 Å². The number of halogens is 1. The molecule has 2 rings (SSSR count). The van der Waals surface area contributed by atoms with Gasteiger partial charge in [-0.25, -0.2) is 9.97 Å². The first-order chi connectivity index (χ1) is 8.20. The minimum absolute atomic E-state index is 0.462. The Labute approximate surface area is 107 Å². The average Bonchev–Trinajstić information content (AvgIpc) is 2.70. The van der Waals surface area contributed by atoms with Crippen LogP contribution < -0.4 is 10.1 Å². The summed E-state index contributed by atoms with van der Waals surface area (Å²) in [4.78, 5) is 8.17. The van der Waals surface area contributed by atoms with Crippen LogP contribution in [-0.4, -0.2) is 26.3 Å². The van der Waals surface area contributed by atoms with E-state index < -0.39 is 0 Å². The van der Waals surface area contributed by atoms with Crippen molar-refractivity contribution in [2.24, 2.45) is 7.05 Å². The molecular formula is C10H12BrN5O. The zero-order chi connectivity index (χ0) is 12.3. The fourth-order valence-corrected chi connectivity index (χ4v) is 1.70. The van der Waals surface area contributed by atoms with Crippen LogP contribution in [-0.2, 0) is 7.05 Å².